The number of para-hydroxylation sites is 1. The van der Waals surface area contributed by atoms with Crippen LogP contribution in [-0.2, 0) is 0 Å². The minimum absolute atomic E-state index is 0.0476. The molecule has 1 atom stereocenters. The highest BCUT2D eigenvalue weighted by molar-refractivity contribution is 5.77. The average Bonchev–Trinajstić information content (AvgIpc) is 2.36. The van der Waals surface area contributed by atoms with Crippen LogP contribution >= 0.6 is 0 Å². The third kappa shape index (κ3) is 2.36. The Kier molecular flexibility index (Phi) is 3.54. The van der Waals surface area contributed by atoms with Gasteiger partial charge in [0.05, 0.1) is 17.4 Å². The molecule has 0 unspecified atom stereocenters. The second kappa shape index (κ2) is 5.10. The number of benzene rings is 1. The standard InChI is InChI=1S/C13H17N3O/c1-3-10(14-4-2)12-15-11-8-6-5-7-9(11)13(17)16-12/h5-8,10,14H,3-4H2,1-2H3,(H,15,16,17)/p+1/t10-/m1/s1. The predicted molar refractivity (Wildman–Crippen MR) is 67.9 cm³/mol. The van der Waals surface area contributed by atoms with E-state index in [1.165, 1.54) is 0 Å². The first-order valence-corrected chi connectivity index (χ1v) is 6.08. The Labute approximate surface area is 100 Å². The summed E-state index contributed by atoms with van der Waals surface area (Å²) in [6.07, 6.45) is 0.953. The Morgan fingerprint density at radius 2 is 2.12 bits per heavy atom. The molecule has 0 saturated heterocycles. The second-order valence-electron chi connectivity index (χ2n) is 4.13. The van der Waals surface area contributed by atoms with E-state index in [-0.39, 0.29) is 11.6 Å². The molecule has 0 spiro atoms. The quantitative estimate of drug-likeness (QED) is 0.824. The minimum atomic E-state index is -0.0476. The third-order valence-electron chi connectivity index (χ3n) is 2.94. The van der Waals surface area contributed by atoms with E-state index in [1.807, 2.05) is 18.2 Å². The summed E-state index contributed by atoms with van der Waals surface area (Å²) in [5.41, 5.74) is 0.725. The maximum Gasteiger partial charge on any atom is 0.258 e. The van der Waals surface area contributed by atoms with E-state index in [9.17, 15) is 4.79 Å². The number of hydrogen-bond acceptors (Lipinski definition) is 2. The molecular weight excluding hydrogens is 214 g/mol. The van der Waals surface area contributed by atoms with Crippen molar-refractivity contribution in [2.75, 3.05) is 6.54 Å². The summed E-state index contributed by atoms with van der Waals surface area (Å²) in [4.78, 5) is 19.3. The van der Waals surface area contributed by atoms with Crippen molar-refractivity contribution >= 4 is 10.9 Å². The molecule has 4 nitrogen and oxygen atoms in total. The lowest BCUT2D eigenvalue weighted by Crippen LogP contribution is -2.84. The maximum atomic E-state index is 11.9. The predicted octanol–water partition coefficient (Wildman–Crippen LogP) is 0.957. The number of nitrogens with zero attached hydrogens (tertiary/aromatic N) is 1. The number of aromatic amines is 1. The summed E-state index contributed by atoms with van der Waals surface area (Å²) < 4.78 is 0. The highest BCUT2D eigenvalue weighted by Gasteiger charge is 2.15. The fourth-order valence-electron chi connectivity index (χ4n) is 2.04. The molecule has 0 fully saturated rings. The zero-order valence-corrected chi connectivity index (χ0v) is 10.2. The van der Waals surface area contributed by atoms with Gasteiger partial charge in [-0.05, 0) is 19.1 Å². The molecule has 0 aliphatic heterocycles. The van der Waals surface area contributed by atoms with Crippen LogP contribution in [0.2, 0.25) is 0 Å². The summed E-state index contributed by atoms with van der Waals surface area (Å²) in [7, 11) is 0. The minimum Gasteiger partial charge on any atom is -0.338 e. The highest BCUT2D eigenvalue weighted by atomic mass is 16.1. The zero-order valence-electron chi connectivity index (χ0n) is 10.2. The van der Waals surface area contributed by atoms with Crippen LogP contribution in [0.3, 0.4) is 0 Å². The molecule has 3 N–H and O–H groups in total. The molecule has 0 amide bonds. The Bertz CT molecular complexity index is 562. The van der Waals surface area contributed by atoms with E-state index in [4.69, 9.17) is 0 Å². The first kappa shape index (κ1) is 11.8. The van der Waals surface area contributed by atoms with Gasteiger partial charge < -0.3 is 10.3 Å². The molecule has 1 aromatic heterocycles. The number of hydrogen-bond donors (Lipinski definition) is 2. The molecule has 0 radical (unpaired) electrons. The van der Waals surface area contributed by atoms with Gasteiger partial charge in [0.25, 0.3) is 5.56 Å². The summed E-state index contributed by atoms with van der Waals surface area (Å²) in [5.74, 6) is 0.776. The van der Waals surface area contributed by atoms with E-state index in [0.717, 1.165) is 24.3 Å². The molecule has 0 aliphatic rings. The first-order chi connectivity index (χ1) is 8.26. The number of nitrogens with one attached hydrogen (secondary N) is 1. The number of rotatable bonds is 4. The largest absolute Gasteiger partial charge is 0.338 e. The van der Waals surface area contributed by atoms with Gasteiger partial charge in [-0.3, -0.25) is 4.79 Å². The number of aromatic nitrogens is 2. The van der Waals surface area contributed by atoms with E-state index < -0.39 is 0 Å². The Hall–Kier alpha value is -1.68. The van der Waals surface area contributed by atoms with Gasteiger partial charge in [-0.2, -0.15) is 0 Å². The van der Waals surface area contributed by atoms with E-state index >= 15 is 0 Å². The molecule has 17 heavy (non-hydrogen) atoms. The summed E-state index contributed by atoms with van der Waals surface area (Å²) in [6.45, 7) is 5.18. The van der Waals surface area contributed by atoms with Gasteiger partial charge in [-0.15, -0.1) is 0 Å². The number of quaternary nitrogens is 1. The number of fused-ring (bicyclic) bond motifs is 1. The second-order valence-corrected chi connectivity index (χ2v) is 4.13. The van der Waals surface area contributed by atoms with Crippen LogP contribution in [0.15, 0.2) is 29.1 Å². The summed E-state index contributed by atoms with van der Waals surface area (Å²) in [5, 5.41) is 2.84. The van der Waals surface area contributed by atoms with Crippen molar-refractivity contribution in [2.45, 2.75) is 26.3 Å². The molecule has 90 valence electrons. The lowest BCUT2D eigenvalue weighted by atomic mass is 10.2. The van der Waals surface area contributed by atoms with Crippen molar-refractivity contribution in [3.05, 3.63) is 40.4 Å². The van der Waals surface area contributed by atoms with Crippen molar-refractivity contribution < 1.29 is 5.32 Å². The molecule has 4 heteroatoms. The topological polar surface area (TPSA) is 62.4 Å². The van der Waals surface area contributed by atoms with Crippen molar-refractivity contribution in [1.29, 1.82) is 0 Å². The highest BCUT2D eigenvalue weighted by Crippen LogP contribution is 2.10. The first-order valence-electron chi connectivity index (χ1n) is 6.08. The number of nitrogens with two attached hydrogens (primary N) is 1. The van der Waals surface area contributed by atoms with E-state index in [2.05, 4.69) is 29.1 Å². The van der Waals surface area contributed by atoms with Gasteiger partial charge in [0.1, 0.15) is 6.04 Å². The van der Waals surface area contributed by atoms with Gasteiger partial charge in [-0.25, -0.2) is 4.98 Å². The van der Waals surface area contributed by atoms with Gasteiger partial charge in [-0.1, -0.05) is 19.1 Å². The molecule has 1 heterocycles. The van der Waals surface area contributed by atoms with Gasteiger partial charge in [0.2, 0.25) is 0 Å². The summed E-state index contributed by atoms with van der Waals surface area (Å²) in [6, 6.07) is 7.68. The maximum absolute atomic E-state index is 11.9. The molecule has 0 aliphatic carbocycles. The average molecular weight is 232 g/mol. The van der Waals surface area contributed by atoms with E-state index in [0.29, 0.717) is 5.39 Å². The van der Waals surface area contributed by atoms with Crippen molar-refractivity contribution in [3.8, 4) is 0 Å². The van der Waals surface area contributed by atoms with Gasteiger partial charge >= 0.3 is 0 Å². The van der Waals surface area contributed by atoms with Gasteiger partial charge in [0, 0.05) is 6.42 Å². The fraction of sp³-hybridized carbons (Fsp3) is 0.385. The number of H-pyrrole nitrogens is 1. The monoisotopic (exact) mass is 232 g/mol. The Balaban J connectivity index is 2.52. The van der Waals surface area contributed by atoms with Crippen molar-refractivity contribution in [3.63, 3.8) is 0 Å². The zero-order chi connectivity index (χ0) is 12.3. The van der Waals surface area contributed by atoms with Crippen LogP contribution in [0.4, 0.5) is 0 Å². The van der Waals surface area contributed by atoms with Crippen LogP contribution in [0, 0.1) is 0 Å². The van der Waals surface area contributed by atoms with Crippen LogP contribution in [0.25, 0.3) is 10.9 Å². The van der Waals surface area contributed by atoms with Crippen LogP contribution in [-0.4, -0.2) is 16.5 Å². The molecule has 0 bridgehead atoms. The summed E-state index contributed by atoms with van der Waals surface area (Å²) >= 11 is 0. The van der Waals surface area contributed by atoms with Crippen LogP contribution < -0.4 is 10.9 Å². The van der Waals surface area contributed by atoms with Crippen molar-refractivity contribution in [1.82, 2.24) is 9.97 Å². The lowest BCUT2D eigenvalue weighted by Gasteiger charge is -2.11. The molecule has 2 aromatic rings. The molecular formula is C13H18N3O+. The molecule has 0 saturated carbocycles. The SMILES string of the molecule is CC[NH2+][C@H](CC)c1nc2ccccc2c(=O)[nH]1. The van der Waals surface area contributed by atoms with Crippen LogP contribution in [0.5, 0.6) is 0 Å². The van der Waals surface area contributed by atoms with Crippen LogP contribution in [0.1, 0.15) is 32.1 Å². The Morgan fingerprint density at radius 3 is 2.82 bits per heavy atom. The Morgan fingerprint density at radius 1 is 1.35 bits per heavy atom. The van der Waals surface area contributed by atoms with Crippen molar-refractivity contribution in [2.24, 2.45) is 0 Å². The molecule has 1 aromatic carbocycles. The third-order valence-corrected chi connectivity index (χ3v) is 2.94. The normalized spacial score (nSPS) is 12.8. The smallest absolute Gasteiger partial charge is 0.258 e. The van der Waals surface area contributed by atoms with E-state index in [1.54, 1.807) is 6.07 Å². The molecule has 2 rings (SSSR count). The fourth-order valence-corrected chi connectivity index (χ4v) is 2.04. The van der Waals surface area contributed by atoms with Gasteiger partial charge in [0.15, 0.2) is 5.82 Å². The lowest BCUT2D eigenvalue weighted by molar-refractivity contribution is -0.694.